The van der Waals surface area contributed by atoms with Crippen molar-refractivity contribution >= 4 is 17.7 Å². The SMILES string of the molecule is CN1CCN(C(=O)c2ccccc2OCCN2CCCC2=O)CCOc2ccccc2Oc2ncccc2C1=O. The van der Waals surface area contributed by atoms with E-state index in [1.165, 1.54) is 0 Å². The number of aromatic nitrogens is 1. The normalized spacial score (nSPS) is 16.1. The Kier molecular flexibility index (Phi) is 8.44. The van der Waals surface area contributed by atoms with Gasteiger partial charge in [-0.1, -0.05) is 24.3 Å². The van der Waals surface area contributed by atoms with Crippen molar-refractivity contribution in [3.63, 3.8) is 0 Å². The molecule has 1 aromatic heterocycles. The Bertz CT molecular complexity index is 1380. The molecule has 1 fully saturated rings. The highest BCUT2D eigenvalue weighted by molar-refractivity contribution is 5.97. The molecule has 0 bridgehead atoms. The molecule has 0 atom stereocenters. The van der Waals surface area contributed by atoms with Crippen LogP contribution in [0.15, 0.2) is 66.9 Å². The fraction of sp³-hybridized carbons (Fsp3) is 0.333. The van der Waals surface area contributed by atoms with Gasteiger partial charge in [-0.2, -0.15) is 0 Å². The summed E-state index contributed by atoms with van der Waals surface area (Å²) >= 11 is 0. The van der Waals surface area contributed by atoms with Crippen molar-refractivity contribution < 1.29 is 28.6 Å². The van der Waals surface area contributed by atoms with Crippen molar-refractivity contribution in [2.45, 2.75) is 12.8 Å². The van der Waals surface area contributed by atoms with Gasteiger partial charge >= 0.3 is 0 Å². The number of amides is 3. The number of pyridine rings is 1. The molecule has 10 nitrogen and oxygen atoms in total. The molecule has 0 saturated carbocycles. The minimum absolute atomic E-state index is 0.132. The van der Waals surface area contributed by atoms with Crippen LogP contribution in [0.2, 0.25) is 0 Å². The van der Waals surface area contributed by atoms with Gasteiger partial charge in [0.25, 0.3) is 11.8 Å². The zero-order chi connectivity index (χ0) is 27.9. The Morgan fingerprint density at radius 1 is 0.950 bits per heavy atom. The van der Waals surface area contributed by atoms with Crippen LogP contribution in [0, 0.1) is 0 Å². The van der Waals surface area contributed by atoms with E-state index in [1.807, 2.05) is 18.2 Å². The van der Waals surface area contributed by atoms with Gasteiger partial charge in [-0.25, -0.2) is 4.98 Å². The van der Waals surface area contributed by atoms with E-state index >= 15 is 0 Å². The second kappa shape index (κ2) is 12.5. The first-order valence-corrected chi connectivity index (χ1v) is 13.4. The Balaban J connectivity index is 1.36. The second-order valence-electron chi connectivity index (χ2n) is 9.60. The zero-order valence-corrected chi connectivity index (χ0v) is 22.5. The van der Waals surface area contributed by atoms with Gasteiger partial charge < -0.3 is 28.9 Å². The summed E-state index contributed by atoms with van der Waals surface area (Å²) in [5.74, 6) is 1.16. The van der Waals surface area contributed by atoms with E-state index in [0.717, 1.165) is 13.0 Å². The predicted molar refractivity (Wildman–Crippen MR) is 147 cm³/mol. The van der Waals surface area contributed by atoms with Crippen LogP contribution in [0.3, 0.4) is 0 Å². The molecule has 0 spiro atoms. The van der Waals surface area contributed by atoms with Gasteiger partial charge in [-0.15, -0.1) is 0 Å². The van der Waals surface area contributed by atoms with Crippen LogP contribution in [-0.4, -0.2) is 90.4 Å². The number of rotatable bonds is 5. The lowest BCUT2D eigenvalue weighted by Gasteiger charge is -2.26. The molecular weight excluding hydrogens is 512 g/mol. The van der Waals surface area contributed by atoms with Crippen LogP contribution in [0.25, 0.3) is 0 Å². The number of likely N-dealkylation sites (tertiary alicyclic amines) is 1. The fourth-order valence-electron chi connectivity index (χ4n) is 4.70. The third-order valence-corrected chi connectivity index (χ3v) is 6.92. The molecule has 3 heterocycles. The van der Waals surface area contributed by atoms with Crippen LogP contribution in [0.5, 0.6) is 23.1 Å². The second-order valence-corrected chi connectivity index (χ2v) is 9.60. The summed E-state index contributed by atoms with van der Waals surface area (Å²) in [4.78, 5) is 48.3. The fourth-order valence-corrected chi connectivity index (χ4v) is 4.70. The van der Waals surface area contributed by atoms with Crippen LogP contribution in [0.4, 0.5) is 0 Å². The molecule has 0 N–H and O–H groups in total. The van der Waals surface area contributed by atoms with E-state index in [4.69, 9.17) is 14.2 Å². The maximum atomic E-state index is 13.8. The predicted octanol–water partition coefficient (Wildman–Crippen LogP) is 3.48. The highest BCUT2D eigenvalue weighted by Crippen LogP contribution is 2.32. The van der Waals surface area contributed by atoms with Crippen molar-refractivity contribution in [1.29, 1.82) is 0 Å². The lowest BCUT2D eigenvalue weighted by atomic mass is 10.1. The van der Waals surface area contributed by atoms with E-state index in [-0.39, 0.29) is 49.8 Å². The average molecular weight is 545 g/mol. The van der Waals surface area contributed by atoms with Crippen molar-refractivity contribution in [3.05, 3.63) is 78.0 Å². The minimum Gasteiger partial charge on any atom is -0.491 e. The highest BCUT2D eigenvalue weighted by atomic mass is 16.5. The van der Waals surface area contributed by atoms with Gasteiger partial charge in [0.2, 0.25) is 11.8 Å². The van der Waals surface area contributed by atoms with Crippen molar-refractivity contribution in [2.24, 2.45) is 0 Å². The van der Waals surface area contributed by atoms with E-state index in [2.05, 4.69) is 4.98 Å². The maximum absolute atomic E-state index is 13.8. The Hall–Kier alpha value is -4.60. The first-order valence-electron chi connectivity index (χ1n) is 13.4. The molecular formula is C30H32N4O6. The number of nitrogens with zero attached hydrogens (tertiary/aromatic N) is 4. The molecule has 2 aliphatic heterocycles. The molecule has 3 amide bonds. The van der Waals surface area contributed by atoms with Crippen molar-refractivity contribution in [2.75, 3.05) is 53.0 Å². The smallest absolute Gasteiger partial charge is 0.259 e. The maximum Gasteiger partial charge on any atom is 0.259 e. The van der Waals surface area contributed by atoms with Gasteiger partial charge in [-0.3, -0.25) is 14.4 Å². The average Bonchev–Trinajstić information content (AvgIpc) is 3.39. The molecule has 10 heteroatoms. The summed E-state index contributed by atoms with van der Waals surface area (Å²) in [5.41, 5.74) is 0.721. The van der Waals surface area contributed by atoms with Crippen molar-refractivity contribution in [1.82, 2.24) is 19.7 Å². The first-order chi connectivity index (χ1) is 19.5. The summed E-state index contributed by atoms with van der Waals surface area (Å²) in [6.07, 6.45) is 3.00. The number of hydrogen-bond donors (Lipinski definition) is 0. The van der Waals surface area contributed by atoms with E-state index in [9.17, 15) is 14.4 Å². The van der Waals surface area contributed by atoms with E-state index < -0.39 is 0 Å². The molecule has 208 valence electrons. The molecule has 2 aliphatic rings. The standard InChI is InChI=1S/C30H32N4O6/c1-32-16-17-34(30(37)22-8-2-3-10-24(22)38-20-18-33-15-7-13-27(33)35)19-21-39-25-11-4-5-12-26(25)40-28-23(29(32)36)9-6-14-31-28/h2-6,8-12,14H,7,13,15-21H2,1H3. The lowest BCUT2D eigenvalue weighted by Crippen LogP contribution is -2.41. The van der Waals surface area contributed by atoms with E-state index in [1.54, 1.807) is 70.4 Å². The highest BCUT2D eigenvalue weighted by Gasteiger charge is 2.25. The van der Waals surface area contributed by atoms with Crippen molar-refractivity contribution in [3.8, 4) is 23.1 Å². The number of carbonyl (C=O) groups is 3. The lowest BCUT2D eigenvalue weighted by molar-refractivity contribution is -0.128. The number of fused-ring (bicyclic) bond motifs is 2. The molecule has 0 aliphatic carbocycles. The number of hydrogen-bond acceptors (Lipinski definition) is 7. The van der Waals surface area contributed by atoms with Gasteiger partial charge in [0.15, 0.2) is 11.5 Å². The minimum atomic E-state index is -0.270. The van der Waals surface area contributed by atoms with Crippen LogP contribution < -0.4 is 14.2 Å². The molecule has 0 radical (unpaired) electrons. The number of likely N-dealkylation sites (N-methyl/N-ethyl adjacent to an activating group) is 1. The first kappa shape index (κ1) is 27.0. The molecule has 2 aromatic carbocycles. The van der Waals surface area contributed by atoms with Crippen LogP contribution in [0.1, 0.15) is 33.6 Å². The Morgan fingerprint density at radius 3 is 2.58 bits per heavy atom. The Morgan fingerprint density at radius 2 is 1.75 bits per heavy atom. The van der Waals surface area contributed by atoms with E-state index in [0.29, 0.717) is 47.9 Å². The number of ether oxygens (including phenoxy) is 3. The third-order valence-electron chi connectivity index (χ3n) is 6.92. The molecule has 5 rings (SSSR count). The summed E-state index contributed by atoms with van der Waals surface area (Å²) in [7, 11) is 1.68. The van der Waals surface area contributed by atoms with Gasteiger partial charge in [0.05, 0.1) is 18.7 Å². The topological polar surface area (TPSA) is 102 Å². The largest absolute Gasteiger partial charge is 0.491 e. The Labute approximate surface area is 233 Å². The summed E-state index contributed by atoms with van der Waals surface area (Å²) in [6, 6.07) is 17.6. The number of carbonyl (C=O) groups excluding carboxylic acids is 3. The zero-order valence-electron chi connectivity index (χ0n) is 22.5. The molecule has 40 heavy (non-hydrogen) atoms. The van der Waals surface area contributed by atoms with Gasteiger partial charge in [0.1, 0.15) is 24.5 Å². The summed E-state index contributed by atoms with van der Waals surface area (Å²) in [5, 5.41) is 0. The number of benzene rings is 2. The van der Waals surface area contributed by atoms with Crippen LogP contribution in [-0.2, 0) is 4.79 Å². The molecule has 3 aromatic rings. The molecule has 1 saturated heterocycles. The van der Waals surface area contributed by atoms with Crippen LogP contribution >= 0.6 is 0 Å². The van der Waals surface area contributed by atoms with Gasteiger partial charge in [-0.05, 0) is 42.8 Å². The summed E-state index contributed by atoms with van der Waals surface area (Å²) < 4.78 is 18.0. The quantitative estimate of drug-likeness (QED) is 0.485. The number of para-hydroxylation sites is 3. The third kappa shape index (κ3) is 6.17. The summed E-state index contributed by atoms with van der Waals surface area (Å²) in [6.45, 7) is 2.54. The van der Waals surface area contributed by atoms with Gasteiger partial charge in [0, 0.05) is 39.3 Å². The molecule has 0 unspecified atom stereocenters. The monoisotopic (exact) mass is 544 g/mol.